The molecule has 536 valence electrons. The molecule has 14 nitrogen and oxygen atoms in total. The van der Waals surface area contributed by atoms with Gasteiger partial charge in [-0.1, -0.05) is 77.9 Å². The van der Waals surface area contributed by atoms with Crippen LogP contribution in [0.5, 0.6) is 0 Å². The molecule has 4 aromatic carbocycles. The number of carbonyl (C=O) groups excluding carboxylic acids is 3. The maximum atomic E-state index is 16.0. The molecule has 8 rings (SSSR count). The Kier molecular flexibility index (Phi) is 28.0. The van der Waals surface area contributed by atoms with E-state index in [-0.39, 0.29) is 87.1 Å². The monoisotopic (exact) mass is 1410 g/mol. The second kappa shape index (κ2) is 33.7. The fourth-order valence-corrected chi connectivity index (χ4v) is 12.7. The SMILES string of the molecule is CCOC(=O)C[C@H](NC(=O)C(CC(C)(C)C)n1cc(CCN2CCC2)c(C(F)(F)F)cc1=O)c1cc(-c2c(C)cccc2C)cc(C)c1F.Cc1cc(-c2c(C)cccc2C)cc([C@H](CC(=O)O)NC(=O)C(CC(C)(C)C)n2cc(CCN3CCC3)c(C(F)(F)F)cc2=O)c1F.S.S. The molecule has 4 heterocycles. The lowest BCUT2D eigenvalue weighted by Crippen LogP contribution is -2.42. The van der Waals surface area contributed by atoms with Gasteiger partial charge in [0.1, 0.15) is 23.7 Å². The molecule has 0 spiro atoms. The molecule has 0 aliphatic carbocycles. The fourth-order valence-electron chi connectivity index (χ4n) is 12.7. The van der Waals surface area contributed by atoms with E-state index in [1.807, 2.05) is 115 Å². The highest BCUT2D eigenvalue weighted by Crippen LogP contribution is 2.39. The number of hydrogen-bond acceptors (Lipinski definition) is 9. The zero-order chi connectivity index (χ0) is 71.1. The van der Waals surface area contributed by atoms with Gasteiger partial charge >= 0.3 is 24.3 Å². The number of benzene rings is 4. The van der Waals surface area contributed by atoms with Crippen LogP contribution in [-0.4, -0.2) is 93.7 Å². The van der Waals surface area contributed by atoms with E-state index in [4.69, 9.17) is 4.74 Å². The summed E-state index contributed by atoms with van der Waals surface area (Å²) in [5, 5.41) is 15.3. The molecule has 2 aliphatic heterocycles. The number of aliphatic carboxylic acids is 1. The fraction of sp³-hybridized carbons (Fsp3) is 0.486. The van der Waals surface area contributed by atoms with E-state index >= 15 is 8.78 Å². The van der Waals surface area contributed by atoms with Crippen molar-refractivity contribution in [3.05, 3.63) is 184 Å². The van der Waals surface area contributed by atoms with Crippen molar-refractivity contribution in [1.82, 2.24) is 29.6 Å². The zero-order valence-corrected chi connectivity index (χ0v) is 60.1. The molecule has 3 N–H and O–H groups in total. The van der Waals surface area contributed by atoms with Gasteiger partial charge < -0.3 is 39.4 Å². The number of hydrogen-bond donors (Lipinski definition) is 3. The Balaban J connectivity index is 0.000000347. The number of alkyl halides is 6. The van der Waals surface area contributed by atoms with Crippen LogP contribution in [0.15, 0.2) is 94.8 Å². The minimum absolute atomic E-state index is 0. The average Bonchev–Trinajstić information content (AvgIpc) is 0.801. The van der Waals surface area contributed by atoms with E-state index in [1.54, 1.807) is 39.0 Å². The molecule has 98 heavy (non-hydrogen) atoms. The Morgan fingerprint density at radius 1 is 0.541 bits per heavy atom. The third kappa shape index (κ3) is 21.1. The Morgan fingerprint density at radius 2 is 0.888 bits per heavy atom. The van der Waals surface area contributed by atoms with Crippen LogP contribution in [0.4, 0.5) is 35.1 Å². The van der Waals surface area contributed by atoms with Gasteiger partial charge in [0.25, 0.3) is 11.1 Å². The van der Waals surface area contributed by atoms with Gasteiger partial charge in [-0.05, 0) is 215 Å². The molecule has 2 aromatic heterocycles. The van der Waals surface area contributed by atoms with E-state index in [9.17, 15) is 60.2 Å². The topological polar surface area (TPSA) is 172 Å². The molecular formula is C74H94F8N6O8S2. The lowest BCUT2D eigenvalue weighted by atomic mass is 9.87. The predicted molar refractivity (Wildman–Crippen MR) is 375 cm³/mol. The third-order valence-electron chi connectivity index (χ3n) is 17.7. The van der Waals surface area contributed by atoms with Crippen molar-refractivity contribution in [2.24, 2.45) is 10.8 Å². The normalized spacial score (nSPS) is 14.8. The maximum Gasteiger partial charge on any atom is 0.416 e. The lowest BCUT2D eigenvalue weighted by Gasteiger charge is -2.32. The molecule has 2 saturated heterocycles. The van der Waals surface area contributed by atoms with Crippen molar-refractivity contribution >= 4 is 50.7 Å². The molecule has 2 fully saturated rings. The molecule has 0 radical (unpaired) electrons. The van der Waals surface area contributed by atoms with Gasteiger partial charge in [0.05, 0.1) is 42.7 Å². The summed E-state index contributed by atoms with van der Waals surface area (Å²) in [6.45, 7) is 27.4. The minimum Gasteiger partial charge on any atom is -0.481 e. The number of nitrogens with zero attached hydrogens (tertiary/aromatic N) is 4. The van der Waals surface area contributed by atoms with E-state index in [0.717, 1.165) is 93.9 Å². The predicted octanol–water partition coefficient (Wildman–Crippen LogP) is 15.0. The summed E-state index contributed by atoms with van der Waals surface area (Å²) < 4.78 is 123. The summed E-state index contributed by atoms with van der Waals surface area (Å²) in [6, 6.07) is 14.0. The first-order valence-electron chi connectivity index (χ1n) is 32.6. The molecule has 0 saturated carbocycles. The number of amides is 2. The van der Waals surface area contributed by atoms with E-state index in [2.05, 4.69) is 10.6 Å². The molecule has 0 bridgehead atoms. The van der Waals surface area contributed by atoms with Gasteiger partial charge in [-0.3, -0.25) is 28.8 Å². The highest BCUT2D eigenvalue weighted by atomic mass is 32.1. The average molecular weight is 1410 g/mol. The standard InChI is InChI=1S/C38H47F4N3O4.C36H43F4N3O4.2H2S/c1-8-49-33(47)20-30(28-18-27(17-25(4)35(28)39)34-23(2)11-9-12-24(34)3)43-36(48)31(21-37(5,6)7)45-22-26(13-16-44-14-10-15-44)29(19-32(45)46)38(40,41)42;1-21-9-7-10-22(2)32(21)25-15-23(3)33(37)26(16-25)28(18-31(45)46)41-34(47)29(19-35(4,5)6)43-20-24(11-14-42-12-8-13-42)27(17-30(43)44)36(38,39)40;;/h9,11-12,17-19,22,30-31H,8,10,13-16,20-21H2,1-7H3,(H,43,48);7,9-10,15-17,20,28-29H,8,11-14,18-19H2,1-6H3,(H,41,47)(H,45,46);2*1H2/t30-,31?;28-,29?;;/m00../s1. The van der Waals surface area contributed by atoms with Gasteiger partial charge in [0.2, 0.25) is 11.8 Å². The molecular weight excluding hydrogens is 1320 g/mol. The second-order valence-electron chi connectivity index (χ2n) is 28.0. The Hall–Kier alpha value is -7.28. The first-order chi connectivity index (χ1) is 44.7. The van der Waals surface area contributed by atoms with Crippen molar-refractivity contribution in [3.8, 4) is 22.3 Å². The number of ether oxygens (including phenoxy) is 1. The summed E-state index contributed by atoms with van der Waals surface area (Å²) in [6.07, 6.45) is -6.22. The quantitative estimate of drug-likeness (QED) is 0.0414. The number of nitrogens with one attached hydrogen (secondary N) is 2. The number of aryl methyl sites for hydroxylation is 6. The lowest BCUT2D eigenvalue weighted by molar-refractivity contribution is -0.144. The second-order valence-corrected chi connectivity index (χ2v) is 28.0. The third-order valence-corrected chi connectivity index (χ3v) is 17.7. The van der Waals surface area contributed by atoms with Crippen LogP contribution in [0.2, 0.25) is 0 Å². The summed E-state index contributed by atoms with van der Waals surface area (Å²) in [7, 11) is 0. The Bertz CT molecular complexity index is 3920. The van der Waals surface area contributed by atoms with Gasteiger partial charge in [0.15, 0.2) is 0 Å². The Morgan fingerprint density at radius 3 is 1.18 bits per heavy atom. The van der Waals surface area contributed by atoms with Crippen molar-refractivity contribution in [2.75, 3.05) is 45.9 Å². The number of halogens is 8. The van der Waals surface area contributed by atoms with Crippen LogP contribution in [0, 0.1) is 64.0 Å². The van der Waals surface area contributed by atoms with E-state index in [1.165, 1.54) is 6.07 Å². The van der Waals surface area contributed by atoms with Crippen molar-refractivity contribution in [2.45, 2.75) is 178 Å². The molecule has 4 atom stereocenters. The summed E-state index contributed by atoms with van der Waals surface area (Å²) in [5.74, 6) is -4.78. The van der Waals surface area contributed by atoms with Gasteiger partial charge in [-0.15, -0.1) is 0 Å². The number of aromatic nitrogens is 2. The van der Waals surface area contributed by atoms with Crippen LogP contribution in [0.25, 0.3) is 22.3 Å². The zero-order valence-electron chi connectivity index (χ0n) is 58.1. The summed E-state index contributed by atoms with van der Waals surface area (Å²) in [4.78, 5) is 84.0. The van der Waals surface area contributed by atoms with Gasteiger partial charge in [-0.2, -0.15) is 53.3 Å². The van der Waals surface area contributed by atoms with Crippen molar-refractivity contribution < 1.29 is 64.1 Å². The summed E-state index contributed by atoms with van der Waals surface area (Å²) >= 11 is 0. The van der Waals surface area contributed by atoms with E-state index in [0.29, 0.717) is 41.9 Å². The number of pyridine rings is 2. The summed E-state index contributed by atoms with van der Waals surface area (Å²) in [5.41, 5.74) is 2.05. The Labute approximate surface area is 582 Å². The number of carboxylic acids is 1. The van der Waals surface area contributed by atoms with E-state index < -0.39 is 118 Å². The first kappa shape index (κ1) is 81.4. The van der Waals surface area contributed by atoms with Crippen LogP contribution in [0.1, 0.15) is 178 Å². The number of carbonyl (C=O) groups is 4. The smallest absolute Gasteiger partial charge is 0.416 e. The molecule has 24 heteroatoms. The molecule has 2 aliphatic rings. The van der Waals surface area contributed by atoms with Crippen LogP contribution in [-0.2, 0) is 49.1 Å². The largest absolute Gasteiger partial charge is 0.481 e. The number of rotatable bonds is 23. The number of esters is 1. The van der Waals surface area contributed by atoms with Gasteiger partial charge in [-0.25, -0.2) is 8.78 Å². The van der Waals surface area contributed by atoms with Crippen LogP contribution in [0.3, 0.4) is 0 Å². The van der Waals surface area contributed by atoms with Crippen molar-refractivity contribution in [1.29, 1.82) is 0 Å². The molecule has 6 aromatic rings. The number of likely N-dealkylation sites (tertiary alicyclic amines) is 2. The number of carboxylic acid groups (broad SMARTS) is 1. The molecule has 2 amide bonds. The van der Waals surface area contributed by atoms with Crippen molar-refractivity contribution in [3.63, 3.8) is 0 Å². The highest BCUT2D eigenvalue weighted by molar-refractivity contribution is 7.59. The highest BCUT2D eigenvalue weighted by Gasteiger charge is 2.40. The van der Waals surface area contributed by atoms with Gasteiger partial charge in [0, 0.05) is 48.7 Å². The van der Waals surface area contributed by atoms with Crippen LogP contribution >= 0.6 is 27.0 Å². The van der Waals surface area contributed by atoms with Crippen LogP contribution < -0.4 is 21.8 Å². The molecule has 2 unspecified atom stereocenters. The first-order valence-corrected chi connectivity index (χ1v) is 32.6. The minimum atomic E-state index is -4.77. The maximum absolute atomic E-state index is 16.0.